The molecule has 20 heavy (non-hydrogen) atoms. The molecule has 100 valence electrons. The van der Waals surface area contributed by atoms with Crippen LogP contribution in [-0.4, -0.2) is 23.7 Å². The average molecular weight is 285 g/mol. The standard InChI is InChI=1S/C15H13ClN4/c1-20-8-17-13-6-11-12(7-14(13)20)19-15(18-11)9-2-4-10(16)5-3-9/h2-7,17H,8H2,1H3,(H,18,19). The Morgan fingerprint density at radius 1 is 1.20 bits per heavy atom. The number of nitrogens with one attached hydrogen (secondary N) is 2. The number of H-pyrrole nitrogens is 1. The van der Waals surface area contributed by atoms with Gasteiger partial charge in [0.15, 0.2) is 0 Å². The number of nitrogens with zero attached hydrogens (tertiary/aromatic N) is 2. The molecule has 2 heterocycles. The lowest BCUT2D eigenvalue weighted by molar-refractivity contribution is 1.03. The molecule has 0 radical (unpaired) electrons. The Morgan fingerprint density at radius 2 is 2.00 bits per heavy atom. The average Bonchev–Trinajstić information content (AvgIpc) is 3.01. The van der Waals surface area contributed by atoms with Crippen LogP contribution in [-0.2, 0) is 0 Å². The monoisotopic (exact) mass is 284 g/mol. The molecule has 0 amide bonds. The van der Waals surface area contributed by atoms with Gasteiger partial charge in [0.05, 0.1) is 29.1 Å². The first-order valence-corrected chi connectivity index (χ1v) is 6.83. The maximum Gasteiger partial charge on any atom is 0.138 e. The Balaban J connectivity index is 1.85. The fourth-order valence-electron chi connectivity index (χ4n) is 2.54. The minimum Gasteiger partial charge on any atom is -0.366 e. The van der Waals surface area contributed by atoms with Crippen LogP contribution in [0.1, 0.15) is 0 Å². The van der Waals surface area contributed by atoms with Gasteiger partial charge in [0.1, 0.15) is 5.82 Å². The van der Waals surface area contributed by atoms with E-state index in [1.165, 1.54) is 5.69 Å². The summed E-state index contributed by atoms with van der Waals surface area (Å²) in [6.45, 7) is 0.839. The third-order valence-corrected chi connectivity index (χ3v) is 3.89. The molecule has 1 aromatic heterocycles. The first-order valence-electron chi connectivity index (χ1n) is 6.45. The van der Waals surface area contributed by atoms with Crippen molar-refractivity contribution in [3.63, 3.8) is 0 Å². The van der Waals surface area contributed by atoms with Gasteiger partial charge >= 0.3 is 0 Å². The molecule has 2 aromatic carbocycles. The largest absolute Gasteiger partial charge is 0.366 e. The summed E-state index contributed by atoms with van der Waals surface area (Å²) in [6.07, 6.45) is 0. The number of anilines is 2. The summed E-state index contributed by atoms with van der Waals surface area (Å²) in [4.78, 5) is 10.2. The van der Waals surface area contributed by atoms with Crippen LogP contribution in [0.15, 0.2) is 36.4 Å². The van der Waals surface area contributed by atoms with Gasteiger partial charge in [-0.1, -0.05) is 11.6 Å². The number of imidazole rings is 1. The third kappa shape index (κ3) is 1.72. The summed E-state index contributed by atoms with van der Waals surface area (Å²) in [5, 5.41) is 4.09. The van der Waals surface area contributed by atoms with Crippen LogP contribution in [0, 0.1) is 0 Å². The van der Waals surface area contributed by atoms with Crippen LogP contribution < -0.4 is 10.2 Å². The molecule has 0 bridgehead atoms. The molecule has 0 aliphatic carbocycles. The van der Waals surface area contributed by atoms with E-state index in [-0.39, 0.29) is 0 Å². The Morgan fingerprint density at radius 3 is 2.80 bits per heavy atom. The van der Waals surface area contributed by atoms with Crippen molar-refractivity contribution in [1.82, 2.24) is 9.97 Å². The van der Waals surface area contributed by atoms with Crippen molar-refractivity contribution in [2.45, 2.75) is 0 Å². The summed E-state index contributed by atoms with van der Waals surface area (Å²) >= 11 is 5.92. The zero-order chi connectivity index (χ0) is 13.7. The van der Waals surface area contributed by atoms with Gasteiger partial charge in [-0.05, 0) is 36.4 Å². The third-order valence-electron chi connectivity index (χ3n) is 3.63. The van der Waals surface area contributed by atoms with E-state index >= 15 is 0 Å². The fraction of sp³-hybridized carbons (Fsp3) is 0.133. The summed E-state index contributed by atoms with van der Waals surface area (Å²) in [6, 6.07) is 11.9. The molecule has 3 aromatic rings. The Hall–Kier alpha value is -2.20. The summed E-state index contributed by atoms with van der Waals surface area (Å²) < 4.78 is 0. The first kappa shape index (κ1) is 11.6. The minimum atomic E-state index is 0.731. The number of benzene rings is 2. The predicted octanol–water partition coefficient (Wildman–Crippen LogP) is 3.70. The quantitative estimate of drug-likeness (QED) is 0.716. The van der Waals surface area contributed by atoms with E-state index in [1.807, 2.05) is 24.3 Å². The molecule has 4 nitrogen and oxygen atoms in total. The summed E-state index contributed by atoms with van der Waals surface area (Å²) in [7, 11) is 2.07. The highest BCUT2D eigenvalue weighted by atomic mass is 35.5. The van der Waals surface area contributed by atoms with E-state index in [4.69, 9.17) is 11.6 Å². The van der Waals surface area contributed by atoms with Gasteiger partial charge in [-0.25, -0.2) is 4.98 Å². The van der Waals surface area contributed by atoms with Gasteiger partial charge in [0.25, 0.3) is 0 Å². The molecule has 2 N–H and O–H groups in total. The molecule has 1 aliphatic rings. The number of hydrogen-bond acceptors (Lipinski definition) is 3. The second-order valence-corrected chi connectivity index (χ2v) is 5.45. The lowest BCUT2D eigenvalue weighted by Gasteiger charge is -2.08. The van der Waals surface area contributed by atoms with E-state index in [1.54, 1.807) is 0 Å². The molecular formula is C15H13ClN4. The van der Waals surface area contributed by atoms with Crippen LogP contribution in [0.25, 0.3) is 22.4 Å². The van der Waals surface area contributed by atoms with Gasteiger partial charge in [-0.15, -0.1) is 0 Å². The molecule has 0 saturated heterocycles. The highest BCUT2D eigenvalue weighted by Gasteiger charge is 2.17. The van der Waals surface area contributed by atoms with Crippen molar-refractivity contribution in [2.24, 2.45) is 0 Å². The number of aromatic amines is 1. The molecule has 0 fully saturated rings. The topological polar surface area (TPSA) is 44.0 Å². The van der Waals surface area contributed by atoms with E-state index in [0.29, 0.717) is 0 Å². The second kappa shape index (κ2) is 4.15. The van der Waals surface area contributed by atoms with E-state index in [2.05, 4.69) is 39.4 Å². The predicted molar refractivity (Wildman–Crippen MR) is 83.4 cm³/mol. The van der Waals surface area contributed by atoms with Crippen molar-refractivity contribution < 1.29 is 0 Å². The molecule has 0 atom stereocenters. The zero-order valence-electron chi connectivity index (χ0n) is 10.9. The molecule has 0 saturated carbocycles. The number of hydrogen-bond donors (Lipinski definition) is 2. The Labute approximate surface area is 121 Å². The van der Waals surface area contributed by atoms with Crippen molar-refractivity contribution in [3.05, 3.63) is 41.4 Å². The van der Waals surface area contributed by atoms with Crippen molar-refractivity contribution in [3.8, 4) is 11.4 Å². The number of fused-ring (bicyclic) bond motifs is 2. The van der Waals surface area contributed by atoms with E-state index in [0.717, 1.165) is 39.8 Å². The SMILES string of the molecule is CN1CNc2cc3[nH]c(-c4ccc(Cl)cc4)nc3cc21. The molecular weight excluding hydrogens is 272 g/mol. The minimum absolute atomic E-state index is 0.731. The Bertz CT molecular complexity index is 791. The van der Waals surface area contributed by atoms with Crippen LogP contribution >= 0.6 is 11.6 Å². The van der Waals surface area contributed by atoms with Crippen molar-refractivity contribution in [2.75, 3.05) is 23.9 Å². The smallest absolute Gasteiger partial charge is 0.138 e. The number of halogens is 1. The maximum atomic E-state index is 5.92. The first-order chi connectivity index (χ1) is 9.70. The van der Waals surface area contributed by atoms with E-state index < -0.39 is 0 Å². The van der Waals surface area contributed by atoms with Crippen molar-refractivity contribution in [1.29, 1.82) is 0 Å². The molecule has 0 unspecified atom stereocenters. The van der Waals surface area contributed by atoms with Crippen LogP contribution in [0.3, 0.4) is 0 Å². The molecule has 1 aliphatic heterocycles. The molecule has 4 rings (SSSR count). The molecule has 0 spiro atoms. The molecule has 5 heteroatoms. The second-order valence-electron chi connectivity index (χ2n) is 5.01. The van der Waals surface area contributed by atoms with Crippen LogP contribution in [0.5, 0.6) is 0 Å². The van der Waals surface area contributed by atoms with Gasteiger partial charge in [0.2, 0.25) is 0 Å². The van der Waals surface area contributed by atoms with Gasteiger partial charge in [-0.2, -0.15) is 0 Å². The fourth-order valence-corrected chi connectivity index (χ4v) is 2.66. The van der Waals surface area contributed by atoms with Crippen LogP contribution in [0.4, 0.5) is 11.4 Å². The van der Waals surface area contributed by atoms with Crippen LogP contribution in [0.2, 0.25) is 5.02 Å². The van der Waals surface area contributed by atoms with Crippen molar-refractivity contribution >= 4 is 34.0 Å². The summed E-state index contributed by atoms with van der Waals surface area (Å²) in [5.41, 5.74) is 5.38. The Kier molecular flexibility index (Phi) is 2.41. The van der Waals surface area contributed by atoms with E-state index in [9.17, 15) is 0 Å². The lowest BCUT2D eigenvalue weighted by atomic mass is 10.2. The normalized spacial score (nSPS) is 13.6. The lowest BCUT2D eigenvalue weighted by Crippen LogP contribution is -2.15. The highest BCUT2D eigenvalue weighted by molar-refractivity contribution is 6.30. The number of aromatic nitrogens is 2. The zero-order valence-corrected chi connectivity index (χ0v) is 11.7. The number of rotatable bonds is 1. The van der Waals surface area contributed by atoms with Gasteiger partial charge in [-0.3, -0.25) is 0 Å². The highest BCUT2D eigenvalue weighted by Crippen LogP contribution is 2.34. The van der Waals surface area contributed by atoms with Gasteiger partial charge < -0.3 is 15.2 Å². The van der Waals surface area contributed by atoms with Gasteiger partial charge in [0, 0.05) is 17.6 Å². The maximum absolute atomic E-state index is 5.92. The summed E-state index contributed by atoms with van der Waals surface area (Å²) in [5.74, 6) is 0.864.